The number of hydrogen-bond acceptors (Lipinski definition) is 2. The standard InChI is InChI=1S/C14H19BrN2O/c15-13-8-12(9-16-10-13)14(18)17-7-6-11-4-2-1-3-5-11/h8-11H,1-7H2,(H,17,18). The Morgan fingerprint density at radius 2 is 2.11 bits per heavy atom. The molecule has 98 valence electrons. The molecule has 0 atom stereocenters. The number of carbonyl (C=O) groups excluding carboxylic acids is 1. The van der Waals surface area contributed by atoms with E-state index < -0.39 is 0 Å². The fraction of sp³-hybridized carbons (Fsp3) is 0.571. The Bertz CT molecular complexity index is 403. The Kier molecular flexibility index (Phi) is 5.17. The maximum Gasteiger partial charge on any atom is 0.252 e. The van der Waals surface area contributed by atoms with Gasteiger partial charge in [-0.2, -0.15) is 0 Å². The summed E-state index contributed by atoms with van der Waals surface area (Å²) in [5.41, 5.74) is 0.619. The second-order valence-corrected chi connectivity index (χ2v) is 5.86. The van der Waals surface area contributed by atoms with Gasteiger partial charge in [0, 0.05) is 23.4 Å². The van der Waals surface area contributed by atoms with Crippen molar-refractivity contribution in [2.75, 3.05) is 6.54 Å². The maximum atomic E-state index is 11.9. The molecule has 1 aliphatic rings. The van der Waals surface area contributed by atoms with Crippen molar-refractivity contribution in [1.82, 2.24) is 10.3 Å². The third-order valence-corrected chi connectivity index (χ3v) is 3.96. The van der Waals surface area contributed by atoms with Gasteiger partial charge in [0.15, 0.2) is 0 Å². The van der Waals surface area contributed by atoms with Crippen LogP contribution in [-0.4, -0.2) is 17.4 Å². The van der Waals surface area contributed by atoms with Crippen LogP contribution in [0.4, 0.5) is 0 Å². The first-order valence-electron chi connectivity index (χ1n) is 6.64. The summed E-state index contributed by atoms with van der Waals surface area (Å²) in [4.78, 5) is 15.9. The van der Waals surface area contributed by atoms with Crippen molar-refractivity contribution in [3.63, 3.8) is 0 Å². The van der Waals surface area contributed by atoms with Crippen LogP contribution in [0.1, 0.15) is 48.9 Å². The van der Waals surface area contributed by atoms with E-state index in [-0.39, 0.29) is 5.91 Å². The van der Waals surface area contributed by atoms with E-state index in [4.69, 9.17) is 0 Å². The molecular weight excluding hydrogens is 292 g/mol. The van der Waals surface area contributed by atoms with Crippen LogP contribution in [0.2, 0.25) is 0 Å². The minimum absolute atomic E-state index is 0.0281. The largest absolute Gasteiger partial charge is 0.352 e. The molecule has 0 aliphatic heterocycles. The van der Waals surface area contributed by atoms with Gasteiger partial charge in [-0.15, -0.1) is 0 Å². The Morgan fingerprint density at radius 1 is 1.33 bits per heavy atom. The van der Waals surface area contributed by atoms with Crippen LogP contribution in [-0.2, 0) is 0 Å². The van der Waals surface area contributed by atoms with Crippen LogP contribution < -0.4 is 5.32 Å². The van der Waals surface area contributed by atoms with E-state index in [1.165, 1.54) is 32.1 Å². The number of carbonyl (C=O) groups is 1. The zero-order valence-electron chi connectivity index (χ0n) is 10.5. The van der Waals surface area contributed by atoms with Gasteiger partial charge >= 0.3 is 0 Å². The zero-order chi connectivity index (χ0) is 12.8. The summed E-state index contributed by atoms with van der Waals surface area (Å²) in [6, 6.07) is 1.79. The van der Waals surface area contributed by atoms with Gasteiger partial charge in [-0.3, -0.25) is 9.78 Å². The van der Waals surface area contributed by atoms with Crippen LogP contribution >= 0.6 is 15.9 Å². The summed E-state index contributed by atoms with van der Waals surface area (Å²) in [5, 5.41) is 2.97. The van der Waals surface area contributed by atoms with Crippen molar-refractivity contribution in [3.05, 3.63) is 28.5 Å². The molecule has 1 aromatic heterocycles. The second-order valence-electron chi connectivity index (χ2n) is 4.94. The number of rotatable bonds is 4. The molecule has 3 nitrogen and oxygen atoms in total. The lowest BCUT2D eigenvalue weighted by atomic mass is 9.87. The predicted molar refractivity (Wildman–Crippen MR) is 75.5 cm³/mol. The molecule has 4 heteroatoms. The van der Waals surface area contributed by atoms with Crippen molar-refractivity contribution in [1.29, 1.82) is 0 Å². The lowest BCUT2D eigenvalue weighted by Crippen LogP contribution is -2.26. The highest BCUT2D eigenvalue weighted by Crippen LogP contribution is 2.25. The summed E-state index contributed by atoms with van der Waals surface area (Å²) in [5.74, 6) is 0.777. The highest BCUT2D eigenvalue weighted by atomic mass is 79.9. The van der Waals surface area contributed by atoms with Crippen molar-refractivity contribution >= 4 is 21.8 Å². The Balaban J connectivity index is 1.74. The average Bonchev–Trinajstić information content (AvgIpc) is 2.40. The molecule has 2 rings (SSSR count). The van der Waals surface area contributed by atoms with E-state index in [0.29, 0.717) is 5.56 Å². The topological polar surface area (TPSA) is 42.0 Å². The van der Waals surface area contributed by atoms with Gasteiger partial charge in [0.1, 0.15) is 0 Å². The number of aromatic nitrogens is 1. The van der Waals surface area contributed by atoms with E-state index in [0.717, 1.165) is 23.4 Å². The fourth-order valence-corrected chi connectivity index (χ4v) is 2.87. The average molecular weight is 311 g/mol. The molecule has 0 aromatic carbocycles. The molecular formula is C14H19BrN2O. The number of amides is 1. The molecule has 18 heavy (non-hydrogen) atoms. The second kappa shape index (κ2) is 6.88. The number of halogens is 1. The number of pyridine rings is 1. The van der Waals surface area contributed by atoms with Crippen molar-refractivity contribution < 1.29 is 4.79 Å². The van der Waals surface area contributed by atoms with Crippen LogP contribution in [0, 0.1) is 5.92 Å². The lowest BCUT2D eigenvalue weighted by Gasteiger charge is -2.21. The molecule has 0 bridgehead atoms. The van der Waals surface area contributed by atoms with Crippen LogP contribution in [0.3, 0.4) is 0 Å². The molecule has 0 radical (unpaired) electrons. The Labute approximate surface area is 117 Å². The van der Waals surface area contributed by atoms with Crippen LogP contribution in [0.5, 0.6) is 0 Å². The van der Waals surface area contributed by atoms with E-state index >= 15 is 0 Å². The minimum atomic E-state index is -0.0281. The van der Waals surface area contributed by atoms with Gasteiger partial charge in [0.25, 0.3) is 5.91 Å². The lowest BCUT2D eigenvalue weighted by molar-refractivity contribution is 0.0950. The highest BCUT2D eigenvalue weighted by molar-refractivity contribution is 9.10. The van der Waals surface area contributed by atoms with Gasteiger partial charge in [-0.1, -0.05) is 32.1 Å². The molecule has 1 aromatic rings. The van der Waals surface area contributed by atoms with E-state index in [1.54, 1.807) is 18.5 Å². The van der Waals surface area contributed by atoms with Gasteiger partial charge in [0.2, 0.25) is 0 Å². The molecule has 1 heterocycles. The normalized spacial score (nSPS) is 16.5. The first-order valence-corrected chi connectivity index (χ1v) is 7.44. The molecule has 0 unspecified atom stereocenters. The number of nitrogens with one attached hydrogen (secondary N) is 1. The molecule has 1 N–H and O–H groups in total. The molecule has 0 saturated heterocycles. The van der Waals surface area contributed by atoms with Gasteiger partial charge in [-0.25, -0.2) is 0 Å². The number of nitrogens with zero attached hydrogens (tertiary/aromatic N) is 1. The van der Waals surface area contributed by atoms with E-state index in [9.17, 15) is 4.79 Å². The summed E-state index contributed by atoms with van der Waals surface area (Å²) >= 11 is 3.32. The molecule has 1 aliphatic carbocycles. The summed E-state index contributed by atoms with van der Waals surface area (Å²) < 4.78 is 0.836. The van der Waals surface area contributed by atoms with Crippen molar-refractivity contribution in [2.45, 2.75) is 38.5 Å². The quantitative estimate of drug-likeness (QED) is 0.924. The number of hydrogen-bond donors (Lipinski definition) is 1. The Morgan fingerprint density at radius 3 is 2.83 bits per heavy atom. The summed E-state index contributed by atoms with van der Waals surface area (Å²) in [7, 11) is 0. The summed E-state index contributed by atoms with van der Waals surface area (Å²) in [6.45, 7) is 0.774. The fourth-order valence-electron chi connectivity index (χ4n) is 2.50. The Hall–Kier alpha value is -0.900. The van der Waals surface area contributed by atoms with Crippen molar-refractivity contribution in [3.8, 4) is 0 Å². The minimum Gasteiger partial charge on any atom is -0.352 e. The van der Waals surface area contributed by atoms with Gasteiger partial charge < -0.3 is 5.32 Å². The monoisotopic (exact) mass is 310 g/mol. The zero-order valence-corrected chi connectivity index (χ0v) is 12.1. The van der Waals surface area contributed by atoms with Gasteiger partial charge in [-0.05, 0) is 34.3 Å². The summed E-state index contributed by atoms with van der Waals surface area (Å²) in [6.07, 6.45) is 11.1. The smallest absolute Gasteiger partial charge is 0.252 e. The third kappa shape index (κ3) is 4.09. The predicted octanol–water partition coefficient (Wildman–Crippen LogP) is 3.54. The molecule has 0 spiro atoms. The first-order chi connectivity index (χ1) is 8.75. The molecule has 1 fully saturated rings. The first kappa shape index (κ1) is 13.5. The van der Waals surface area contributed by atoms with E-state index in [2.05, 4.69) is 26.2 Å². The SMILES string of the molecule is O=C(NCCC1CCCCC1)c1cncc(Br)c1. The van der Waals surface area contributed by atoms with Crippen LogP contribution in [0.15, 0.2) is 22.9 Å². The molecule has 1 saturated carbocycles. The highest BCUT2D eigenvalue weighted by Gasteiger charge is 2.13. The van der Waals surface area contributed by atoms with Gasteiger partial charge in [0.05, 0.1) is 5.56 Å². The third-order valence-electron chi connectivity index (χ3n) is 3.53. The molecule has 1 amide bonds. The maximum absolute atomic E-state index is 11.9. The van der Waals surface area contributed by atoms with E-state index in [1.807, 2.05) is 0 Å². The van der Waals surface area contributed by atoms with Crippen LogP contribution in [0.25, 0.3) is 0 Å². The van der Waals surface area contributed by atoms with Crippen molar-refractivity contribution in [2.24, 2.45) is 5.92 Å².